The summed E-state index contributed by atoms with van der Waals surface area (Å²) in [7, 11) is 0. The number of carbonyl (C=O) groups excluding carboxylic acids is 2. The number of nitrogens with zero attached hydrogens (tertiary/aromatic N) is 3. The van der Waals surface area contributed by atoms with Gasteiger partial charge in [0.25, 0.3) is 5.91 Å². The Morgan fingerprint density at radius 3 is 2.50 bits per heavy atom. The van der Waals surface area contributed by atoms with Gasteiger partial charge in [0.05, 0.1) is 5.56 Å². The maximum Gasteiger partial charge on any atom is 0.406 e. The minimum atomic E-state index is -4.52. The van der Waals surface area contributed by atoms with Crippen LogP contribution in [0.3, 0.4) is 0 Å². The molecular formula is C20H24F3N3O4. The second kappa shape index (κ2) is 8.16. The fraction of sp³-hybridized carbons (Fsp3) is 0.550. The summed E-state index contributed by atoms with van der Waals surface area (Å²) in [5, 5.41) is 3.92. The van der Waals surface area contributed by atoms with Gasteiger partial charge in [0, 0.05) is 23.5 Å². The highest BCUT2D eigenvalue weighted by molar-refractivity contribution is 5.93. The van der Waals surface area contributed by atoms with Crippen molar-refractivity contribution >= 4 is 11.9 Å². The van der Waals surface area contributed by atoms with Crippen molar-refractivity contribution in [2.75, 3.05) is 13.2 Å². The Labute approximate surface area is 171 Å². The van der Waals surface area contributed by atoms with Crippen LogP contribution in [-0.2, 0) is 9.53 Å². The van der Waals surface area contributed by atoms with Crippen molar-refractivity contribution < 1.29 is 32.0 Å². The van der Waals surface area contributed by atoms with Gasteiger partial charge >= 0.3 is 12.1 Å². The molecule has 0 aromatic carbocycles. The van der Waals surface area contributed by atoms with Crippen molar-refractivity contribution in [2.24, 2.45) is 5.92 Å². The zero-order valence-electron chi connectivity index (χ0n) is 17.2. The number of aromatic nitrogens is 2. The van der Waals surface area contributed by atoms with Gasteiger partial charge < -0.3 is 14.2 Å². The van der Waals surface area contributed by atoms with E-state index in [0.717, 1.165) is 17.7 Å². The van der Waals surface area contributed by atoms with E-state index in [2.05, 4.69) is 5.16 Å². The Hall–Kier alpha value is -2.78. The number of hydrogen-bond donors (Lipinski definition) is 0. The Morgan fingerprint density at radius 1 is 1.30 bits per heavy atom. The van der Waals surface area contributed by atoms with Crippen molar-refractivity contribution in [1.82, 2.24) is 14.6 Å². The van der Waals surface area contributed by atoms with Crippen LogP contribution in [0.25, 0.3) is 5.82 Å². The van der Waals surface area contributed by atoms with E-state index < -0.39 is 37.2 Å². The SMILES string of the molecule is Cc1cc(-n2c(C)cc(C(=O)OCC(=O)N(CC(F)(F)F)[C@H](C)C3CC3)c2C)no1. The molecule has 2 aromatic rings. The van der Waals surface area contributed by atoms with Crippen LogP contribution in [0.4, 0.5) is 13.2 Å². The Morgan fingerprint density at radius 2 is 1.97 bits per heavy atom. The van der Waals surface area contributed by atoms with E-state index in [1.807, 2.05) is 0 Å². The van der Waals surface area contributed by atoms with Gasteiger partial charge in [0.15, 0.2) is 12.4 Å². The van der Waals surface area contributed by atoms with Gasteiger partial charge in [0.1, 0.15) is 12.3 Å². The molecule has 0 radical (unpaired) electrons. The molecule has 1 aliphatic carbocycles. The number of amides is 1. The van der Waals surface area contributed by atoms with Gasteiger partial charge in [0.2, 0.25) is 0 Å². The lowest BCUT2D eigenvalue weighted by molar-refractivity contribution is -0.167. The molecule has 1 atom stereocenters. The minimum Gasteiger partial charge on any atom is -0.452 e. The second-order valence-corrected chi connectivity index (χ2v) is 7.71. The van der Waals surface area contributed by atoms with Crippen LogP contribution in [0.5, 0.6) is 0 Å². The molecule has 1 amide bonds. The van der Waals surface area contributed by atoms with Crippen LogP contribution < -0.4 is 0 Å². The number of hydrogen-bond acceptors (Lipinski definition) is 5. The van der Waals surface area contributed by atoms with Gasteiger partial charge in [-0.3, -0.25) is 9.36 Å². The van der Waals surface area contributed by atoms with E-state index >= 15 is 0 Å². The number of carbonyl (C=O) groups is 2. The van der Waals surface area contributed by atoms with Crippen LogP contribution >= 0.6 is 0 Å². The molecule has 1 saturated carbocycles. The molecule has 30 heavy (non-hydrogen) atoms. The van der Waals surface area contributed by atoms with Crippen molar-refractivity contribution in [1.29, 1.82) is 0 Å². The summed E-state index contributed by atoms with van der Waals surface area (Å²) in [6.45, 7) is 4.67. The topological polar surface area (TPSA) is 77.6 Å². The third-order valence-corrected chi connectivity index (χ3v) is 5.29. The Kier molecular flexibility index (Phi) is 5.96. The van der Waals surface area contributed by atoms with Crippen LogP contribution in [0.2, 0.25) is 0 Å². The van der Waals surface area contributed by atoms with Crippen LogP contribution in [0, 0.1) is 26.7 Å². The monoisotopic (exact) mass is 427 g/mol. The summed E-state index contributed by atoms with van der Waals surface area (Å²) in [6, 6.07) is 2.72. The molecule has 0 bridgehead atoms. The maximum absolute atomic E-state index is 12.9. The van der Waals surface area contributed by atoms with Crippen LogP contribution in [-0.4, -0.2) is 51.9 Å². The van der Waals surface area contributed by atoms with E-state index in [0.29, 0.717) is 23.0 Å². The number of halogens is 3. The van der Waals surface area contributed by atoms with E-state index in [1.54, 1.807) is 44.4 Å². The summed E-state index contributed by atoms with van der Waals surface area (Å²) in [6.07, 6.45) is -2.95. The number of rotatable bonds is 7. The molecule has 10 heteroatoms. The maximum atomic E-state index is 12.9. The normalized spacial score (nSPS) is 15.2. The smallest absolute Gasteiger partial charge is 0.406 e. The predicted molar refractivity (Wildman–Crippen MR) is 100 cm³/mol. The molecule has 0 saturated heterocycles. The van der Waals surface area contributed by atoms with E-state index in [1.165, 1.54) is 0 Å². The first-order valence-corrected chi connectivity index (χ1v) is 9.64. The first-order valence-electron chi connectivity index (χ1n) is 9.64. The Bertz CT molecular complexity index is 944. The van der Waals surface area contributed by atoms with Gasteiger partial charge in [-0.2, -0.15) is 13.2 Å². The van der Waals surface area contributed by atoms with Crippen molar-refractivity contribution in [3.8, 4) is 5.82 Å². The zero-order valence-corrected chi connectivity index (χ0v) is 17.2. The molecule has 0 aliphatic heterocycles. The standard InChI is InChI=1S/C20H24F3N3O4/c1-11-7-16(14(4)26(11)17-8-12(2)30-24-17)19(28)29-9-18(27)25(10-20(21,22)23)13(3)15-5-6-15/h7-8,13,15H,5-6,9-10H2,1-4H3/t13-/m1/s1. The highest BCUT2D eigenvalue weighted by atomic mass is 19.4. The molecule has 0 N–H and O–H groups in total. The number of esters is 1. The number of ether oxygens (including phenoxy) is 1. The van der Waals surface area contributed by atoms with Crippen LogP contribution in [0.1, 0.15) is 47.3 Å². The van der Waals surface area contributed by atoms with Gasteiger partial charge in [-0.1, -0.05) is 5.16 Å². The number of alkyl halides is 3. The van der Waals surface area contributed by atoms with E-state index in [9.17, 15) is 22.8 Å². The lowest BCUT2D eigenvalue weighted by Gasteiger charge is -2.30. The van der Waals surface area contributed by atoms with Gasteiger partial charge in [-0.25, -0.2) is 4.79 Å². The molecule has 164 valence electrons. The molecular weight excluding hydrogens is 403 g/mol. The quantitative estimate of drug-likeness (QED) is 0.629. The van der Waals surface area contributed by atoms with E-state index in [4.69, 9.17) is 9.26 Å². The van der Waals surface area contributed by atoms with Crippen molar-refractivity contribution in [3.05, 3.63) is 34.8 Å². The summed E-state index contributed by atoms with van der Waals surface area (Å²) >= 11 is 0. The fourth-order valence-electron chi connectivity index (χ4n) is 3.55. The first-order chi connectivity index (χ1) is 14.0. The summed E-state index contributed by atoms with van der Waals surface area (Å²) in [4.78, 5) is 25.7. The van der Waals surface area contributed by atoms with Gasteiger partial charge in [-0.05, 0) is 52.5 Å². The predicted octanol–water partition coefficient (Wildman–Crippen LogP) is 3.74. The van der Waals surface area contributed by atoms with Crippen molar-refractivity contribution in [2.45, 2.75) is 52.8 Å². The molecule has 1 aliphatic rings. The largest absolute Gasteiger partial charge is 0.452 e. The first kappa shape index (κ1) is 21.9. The molecule has 7 nitrogen and oxygen atoms in total. The molecule has 0 unspecified atom stereocenters. The molecule has 0 spiro atoms. The third-order valence-electron chi connectivity index (χ3n) is 5.29. The lowest BCUT2D eigenvalue weighted by atomic mass is 10.2. The molecule has 2 aromatic heterocycles. The Balaban J connectivity index is 1.70. The minimum absolute atomic E-state index is 0.0526. The second-order valence-electron chi connectivity index (χ2n) is 7.71. The average Bonchev–Trinajstić information content (AvgIpc) is 3.35. The highest BCUT2D eigenvalue weighted by Gasteiger charge is 2.40. The van der Waals surface area contributed by atoms with Crippen molar-refractivity contribution in [3.63, 3.8) is 0 Å². The average molecular weight is 427 g/mol. The highest BCUT2D eigenvalue weighted by Crippen LogP contribution is 2.36. The summed E-state index contributed by atoms with van der Waals surface area (Å²) in [5.74, 6) is -0.499. The third kappa shape index (κ3) is 4.85. The summed E-state index contributed by atoms with van der Waals surface area (Å²) in [5.41, 5.74) is 1.43. The summed E-state index contributed by atoms with van der Waals surface area (Å²) < 4.78 is 50.6. The molecule has 1 fully saturated rings. The molecule has 3 rings (SSSR count). The van der Waals surface area contributed by atoms with Gasteiger partial charge in [-0.15, -0.1) is 0 Å². The fourth-order valence-corrected chi connectivity index (χ4v) is 3.55. The zero-order chi connectivity index (χ0) is 22.2. The van der Waals surface area contributed by atoms with E-state index in [-0.39, 0.29) is 11.5 Å². The lowest BCUT2D eigenvalue weighted by Crippen LogP contribution is -2.47. The number of aryl methyl sites for hydroxylation is 2. The molecule has 2 heterocycles. The van der Waals surface area contributed by atoms with Crippen LogP contribution in [0.15, 0.2) is 16.7 Å².